The Labute approximate surface area is 247 Å². The lowest BCUT2D eigenvalue weighted by Gasteiger charge is -2.36. The quantitative estimate of drug-likeness (QED) is 0.188. The summed E-state index contributed by atoms with van der Waals surface area (Å²) < 4.78 is 19.4. The third-order valence-electron chi connectivity index (χ3n) is 7.92. The highest BCUT2D eigenvalue weighted by Crippen LogP contribution is 2.56. The van der Waals surface area contributed by atoms with Crippen LogP contribution >= 0.6 is 11.6 Å². The van der Waals surface area contributed by atoms with Crippen LogP contribution in [0.2, 0.25) is 5.02 Å². The predicted molar refractivity (Wildman–Crippen MR) is 154 cm³/mol. The van der Waals surface area contributed by atoms with Gasteiger partial charge in [-0.2, -0.15) is 5.10 Å². The number of benzene rings is 2. The van der Waals surface area contributed by atoms with Crippen molar-refractivity contribution in [1.29, 1.82) is 0 Å². The molecule has 1 saturated carbocycles. The van der Waals surface area contributed by atoms with E-state index >= 15 is 0 Å². The van der Waals surface area contributed by atoms with Crippen LogP contribution in [-0.2, 0) is 16.0 Å². The van der Waals surface area contributed by atoms with Crippen LogP contribution in [0.1, 0.15) is 73.4 Å². The molecule has 0 radical (unpaired) electrons. The minimum absolute atomic E-state index is 0.00494. The molecule has 0 saturated heterocycles. The summed E-state index contributed by atoms with van der Waals surface area (Å²) in [4.78, 5) is 47.7. The summed E-state index contributed by atoms with van der Waals surface area (Å²) in [7, 11) is 0. The molecule has 2 heterocycles. The normalized spacial score (nSPS) is 18.7. The Balaban J connectivity index is 0.000000952. The van der Waals surface area contributed by atoms with Gasteiger partial charge >= 0.3 is 12.3 Å². The van der Waals surface area contributed by atoms with E-state index in [-0.39, 0.29) is 54.7 Å². The molecule has 8 nitrogen and oxygen atoms in total. The number of fused-ring (bicyclic) bond motifs is 3. The van der Waals surface area contributed by atoms with E-state index in [0.717, 1.165) is 40.9 Å². The van der Waals surface area contributed by atoms with Crippen molar-refractivity contribution < 1.29 is 33.1 Å². The molecule has 2 aromatic carbocycles. The highest BCUT2D eigenvalue weighted by atomic mass is 35.5. The molecule has 11 heteroatoms. The Bertz CT molecular complexity index is 1460. The molecule has 1 aliphatic carbocycles. The maximum Gasteiger partial charge on any atom is 0.483 e. The minimum Gasteiger partial charge on any atom is -0.481 e. The lowest BCUT2D eigenvalue weighted by Crippen LogP contribution is -2.42. The van der Waals surface area contributed by atoms with Crippen molar-refractivity contribution >= 4 is 41.1 Å². The van der Waals surface area contributed by atoms with E-state index in [0.29, 0.717) is 17.0 Å². The fraction of sp³-hybridized carbons (Fsp3) is 0.387. The van der Waals surface area contributed by atoms with E-state index in [1.54, 1.807) is 18.3 Å². The van der Waals surface area contributed by atoms with Crippen molar-refractivity contribution in [3.05, 3.63) is 70.4 Å². The standard InChI is InChI=1S/C30H32ClN3O4.CF2O/c1-17(2)34-29-19(14-22(35)8-10-28(37)38)5-9-23(29)24-15-20(16-25(30(24)34)26-11-12-32-33-26)27(36)13-18-3-6-21(31)7-4-18;2-1(3)4/h3-4,6-7,11-12,15-17,19,23,29H,5,8-10,13-14H2,1-2H3,(H,32,33)(H,37,38);. The number of rotatable bonds is 10. The molecule has 3 aromatic rings. The first-order chi connectivity index (χ1) is 20.0. The number of aromatic amines is 1. The second-order valence-electron chi connectivity index (χ2n) is 11.0. The number of carboxylic acid groups (broad SMARTS) is 1. The maximum absolute atomic E-state index is 13.5. The number of anilines is 1. The van der Waals surface area contributed by atoms with Gasteiger partial charge in [-0.1, -0.05) is 23.7 Å². The SMILES string of the molecule is CC(C)N1c2c(-c3ccn[nH]3)cc(C(=O)Cc3ccc(Cl)cc3)cc2C2CCC(CC(=O)CCC(=O)O)C21.O=C(F)F. The molecule has 42 heavy (non-hydrogen) atoms. The molecule has 2 aliphatic rings. The highest BCUT2D eigenvalue weighted by Gasteiger charge is 2.49. The molecule has 3 unspecified atom stereocenters. The number of nitrogens with zero attached hydrogens (tertiary/aromatic N) is 2. The van der Waals surface area contributed by atoms with Crippen LogP contribution in [0.15, 0.2) is 48.7 Å². The topological polar surface area (TPSA) is 120 Å². The largest absolute Gasteiger partial charge is 0.483 e. The lowest BCUT2D eigenvalue weighted by atomic mass is 9.89. The molecule has 1 aromatic heterocycles. The zero-order valence-corrected chi connectivity index (χ0v) is 24.0. The minimum atomic E-state index is -2.83. The van der Waals surface area contributed by atoms with Crippen molar-refractivity contribution in [2.24, 2.45) is 5.92 Å². The number of carbonyl (C=O) groups excluding carboxylic acids is 3. The number of carboxylic acids is 1. The summed E-state index contributed by atoms with van der Waals surface area (Å²) in [5.41, 5.74) is 5.61. The second kappa shape index (κ2) is 13.4. The number of hydrogen-bond acceptors (Lipinski definition) is 6. The molecular formula is C31H32ClF2N3O5. The first-order valence-corrected chi connectivity index (χ1v) is 14.2. The third-order valence-corrected chi connectivity index (χ3v) is 8.17. The third kappa shape index (κ3) is 7.10. The molecule has 222 valence electrons. The summed E-state index contributed by atoms with van der Waals surface area (Å²) >= 11 is 6.03. The number of nitrogens with one attached hydrogen (secondary N) is 1. The van der Waals surface area contributed by atoms with E-state index in [9.17, 15) is 23.2 Å². The van der Waals surface area contributed by atoms with Crippen molar-refractivity contribution in [2.75, 3.05) is 4.90 Å². The van der Waals surface area contributed by atoms with Gasteiger partial charge in [0, 0.05) is 59.6 Å². The van der Waals surface area contributed by atoms with E-state index in [1.165, 1.54) is 0 Å². The number of halogens is 3. The van der Waals surface area contributed by atoms with Gasteiger partial charge in [-0.3, -0.25) is 19.5 Å². The molecule has 2 N–H and O–H groups in total. The van der Waals surface area contributed by atoms with Gasteiger partial charge in [-0.25, -0.2) is 4.79 Å². The first kappa shape index (κ1) is 31.0. The van der Waals surface area contributed by atoms with Gasteiger partial charge in [0.1, 0.15) is 5.78 Å². The zero-order valence-electron chi connectivity index (χ0n) is 23.3. The van der Waals surface area contributed by atoms with Crippen LogP contribution in [-0.4, -0.2) is 51.2 Å². The van der Waals surface area contributed by atoms with Gasteiger partial charge in [0.25, 0.3) is 0 Å². The van der Waals surface area contributed by atoms with Crippen LogP contribution in [0.5, 0.6) is 0 Å². The number of ketones is 2. The molecule has 5 rings (SSSR count). The predicted octanol–water partition coefficient (Wildman–Crippen LogP) is 7.12. The lowest BCUT2D eigenvalue weighted by molar-refractivity contribution is -0.138. The van der Waals surface area contributed by atoms with Crippen LogP contribution < -0.4 is 4.90 Å². The number of H-pyrrole nitrogens is 1. The van der Waals surface area contributed by atoms with E-state index < -0.39 is 12.3 Å². The van der Waals surface area contributed by atoms with Gasteiger partial charge in [-0.05, 0) is 74.1 Å². The number of carbonyl (C=O) groups is 4. The summed E-state index contributed by atoms with van der Waals surface area (Å²) in [5, 5.41) is 16.9. The molecule has 1 aliphatic heterocycles. The van der Waals surface area contributed by atoms with Crippen molar-refractivity contribution in [3.63, 3.8) is 0 Å². The Morgan fingerprint density at radius 3 is 2.36 bits per heavy atom. The Morgan fingerprint density at radius 1 is 1.07 bits per heavy atom. The number of aromatic nitrogens is 2. The second-order valence-corrected chi connectivity index (χ2v) is 11.4. The van der Waals surface area contributed by atoms with Crippen molar-refractivity contribution in [1.82, 2.24) is 10.2 Å². The Hall–Kier alpha value is -3.92. The molecule has 3 atom stereocenters. The fourth-order valence-electron chi connectivity index (χ4n) is 6.33. The summed E-state index contributed by atoms with van der Waals surface area (Å²) in [6.45, 7) is 4.31. The molecular weight excluding hydrogens is 568 g/mol. The smallest absolute Gasteiger partial charge is 0.481 e. The van der Waals surface area contributed by atoms with Gasteiger partial charge in [0.15, 0.2) is 5.78 Å². The molecule has 0 amide bonds. The van der Waals surface area contributed by atoms with Gasteiger partial charge in [0.05, 0.1) is 17.8 Å². The van der Waals surface area contributed by atoms with Crippen LogP contribution in [0.3, 0.4) is 0 Å². The maximum atomic E-state index is 13.5. The number of hydrogen-bond donors (Lipinski definition) is 2. The number of Topliss-reactive ketones (excluding diaryl/α,β-unsaturated/α-hetero) is 2. The summed E-state index contributed by atoms with van der Waals surface area (Å²) in [6.07, 6.45) is 1.31. The average Bonchev–Trinajstić information content (AvgIpc) is 3.66. The van der Waals surface area contributed by atoms with Crippen LogP contribution in [0.25, 0.3) is 11.3 Å². The molecule has 0 spiro atoms. The summed E-state index contributed by atoms with van der Waals surface area (Å²) in [5.74, 6) is -0.563. The van der Waals surface area contributed by atoms with Crippen LogP contribution in [0, 0.1) is 5.92 Å². The average molecular weight is 600 g/mol. The van der Waals surface area contributed by atoms with E-state index in [1.807, 2.05) is 24.3 Å². The summed E-state index contributed by atoms with van der Waals surface area (Å²) in [6, 6.07) is 13.6. The Morgan fingerprint density at radius 2 is 1.76 bits per heavy atom. The fourth-order valence-corrected chi connectivity index (χ4v) is 6.45. The van der Waals surface area contributed by atoms with Gasteiger partial charge in [-0.15, -0.1) is 8.78 Å². The first-order valence-electron chi connectivity index (χ1n) is 13.8. The van der Waals surface area contributed by atoms with Crippen molar-refractivity contribution in [2.45, 2.75) is 70.4 Å². The monoisotopic (exact) mass is 599 g/mol. The van der Waals surface area contributed by atoms with E-state index in [2.05, 4.69) is 35.0 Å². The highest BCUT2D eigenvalue weighted by molar-refractivity contribution is 6.30. The van der Waals surface area contributed by atoms with Crippen LogP contribution in [0.4, 0.5) is 19.3 Å². The zero-order chi connectivity index (χ0) is 30.6. The molecule has 0 bridgehead atoms. The molecule has 1 fully saturated rings. The van der Waals surface area contributed by atoms with E-state index in [4.69, 9.17) is 21.5 Å². The van der Waals surface area contributed by atoms with Crippen molar-refractivity contribution in [3.8, 4) is 11.3 Å². The van der Waals surface area contributed by atoms with Gasteiger partial charge < -0.3 is 10.0 Å². The van der Waals surface area contributed by atoms with Gasteiger partial charge in [0.2, 0.25) is 0 Å². The Kier molecular flexibility index (Phi) is 9.88. The number of aliphatic carboxylic acids is 1.